The van der Waals surface area contributed by atoms with Gasteiger partial charge in [0.15, 0.2) is 0 Å². The zero-order chi connectivity index (χ0) is 8.81. The second-order valence-corrected chi connectivity index (χ2v) is 3.26. The van der Waals surface area contributed by atoms with Gasteiger partial charge in [0.1, 0.15) is 0 Å². The van der Waals surface area contributed by atoms with Crippen LogP contribution in [-0.4, -0.2) is 43.8 Å². The van der Waals surface area contributed by atoms with Crippen LogP contribution in [0, 0.1) is 0 Å². The van der Waals surface area contributed by atoms with E-state index < -0.39 is 0 Å². The number of hydrogen-bond donors (Lipinski definition) is 1. The van der Waals surface area contributed by atoms with Crippen LogP contribution in [-0.2, 0) is 4.74 Å². The number of hydrogen-bond acceptors (Lipinski definition) is 3. The summed E-state index contributed by atoms with van der Waals surface area (Å²) in [6.07, 6.45) is 2.43. The van der Waals surface area contributed by atoms with Gasteiger partial charge < -0.3 is 10.5 Å². The number of ether oxygens (including phenoxy) is 1. The second kappa shape index (κ2) is 5.51. The Balaban J connectivity index is 1.93. The SMILES string of the molecule is CCOCCCN1CCC1CN. The molecule has 2 N–H and O–H groups in total. The van der Waals surface area contributed by atoms with Crippen molar-refractivity contribution in [1.82, 2.24) is 4.90 Å². The van der Waals surface area contributed by atoms with E-state index in [4.69, 9.17) is 10.5 Å². The van der Waals surface area contributed by atoms with Crippen LogP contribution >= 0.6 is 0 Å². The van der Waals surface area contributed by atoms with Crippen molar-refractivity contribution in [3.8, 4) is 0 Å². The van der Waals surface area contributed by atoms with E-state index in [1.807, 2.05) is 6.92 Å². The van der Waals surface area contributed by atoms with Crippen molar-refractivity contribution >= 4 is 0 Å². The van der Waals surface area contributed by atoms with E-state index in [1.165, 1.54) is 13.0 Å². The first kappa shape index (κ1) is 9.96. The Kier molecular flexibility index (Phi) is 4.58. The van der Waals surface area contributed by atoms with E-state index >= 15 is 0 Å². The molecule has 0 aromatic heterocycles. The molecule has 1 fully saturated rings. The minimum absolute atomic E-state index is 0.659. The molecule has 1 atom stereocenters. The summed E-state index contributed by atoms with van der Waals surface area (Å²) in [7, 11) is 0. The molecule has 3 heteroatoms. The van der Waals surface area contributed by atoms with Crippen LogP contribution in [0.2, 0.25) is 0 Å². The van der Waals surface area contributed by atoms with Crippen molar-refractivity contribution in [3.05, 3.63) is 0 Å². The molecule has 1 aliphatic heterocycles. The molecule has 1 saturated heterocycles. The third-order valence-corrected chi connectivity index (χ3v) is 2.48. The number of rotatable bonds is 6. The first-order valence-corrected chi connectivity index (χ1v) is 4.90. The average molecular weight is 172 g/mol. The minimum Gasteiger partial charge on any atom is -0.382 e. The Labute approximate surface area is 74.9 Å². The molecule has 0 amide bonds. The zero-order valence-electron chi connectivity index (χ0n) is 7.96. The third kappa shape index (κ3) is 2.73. The van der Waals surface area contributed by atoms with Gasteiger partial charge in [-0.1, -0.05) is 0 Å². The number of nitrogens with two attached hydrogens (primary N) is 1. The number of likely N-dealkylation sites (tertiary alicyclic amines) is 1. The molecule has 1 rings (SSSR count). The molecule has 0 aromatic carbocycles. The number of nitrogens with zero attached hydrogens (tertiary/aromatic N) is 1. The van der Waals surface area contributed by atoms with E-state index in [9.17, 15) is 0 Å². The highest BCUT2D eigenvalue weighted by molar-refractivity contribution is 4.82. The molecular formula is C9H20N2O. The predicted molar refractivity (Wildman–Crippen MR) is 50.1 cm³/mol. The van der Waals surface area contributed by atoms with Crippen molar-refractivity contribution in [2.45, 2.75) is 25.8 Å². The zero-order valence-corrected chi connectivity index (χ0v) is 7.96. The molecule has 0 bridgehead atoms. The molecule has 3 nitrogen and oxygen atoms in total. The van der Waals surface area contributed by atoms with E-state index in [1.54, 1.807) is 0 Å². The smallest absolute Gasteiger partial charge is 0.0478 e. The van der Waals surface area contributed by atoms with E-state index in [0.29, 0.717) is 6.04 Å². The molecule has 1 heterocycles. The molecule has 0 radical (unpaired) electrons. The highest BCUT2D eigenvalue weighted by Gasteiger charge is 2.25. The van der Waals surface area contributed by atoms with Gasteiger partial charge >= 0.3 is 0 Å². The fraction of sp³-hybridized carbons (Fsp3) is 1.00. The third-order valence-electron chi connectivity index (χ3n) is 2.48. The molecule has 0 aliphatic carbocycles. The molecule has 1 aliphatic rings. The van der Waals surface area contributed by atoms with Gasteiger partial charge in [0, 0.05) is 38.9 Å². The monoisotopic (exact) mass is 172 g/mol. The van der Waals surface area contributed by atoms with Gasteiger partial charge in [-0.25, -0.2) is 0 Å². The quantitative estimate of drug-likeness (QED) is 0.591. The lowest BCUT2D eigenvalue weighted by Crippen LogP contribution is -2.51. The summed E-state index contributed by atoms with van der Waals surface area (Å²) in [6.45, 7) is 6.96. The van der Waals surface area contributed by atoms with Gasteiger partial charge in [-0.2, -0.15) is 0 Å². The van der Waals surface area contributed by atoms with Crippen LogP contribution in [0.25, 0.3) is 0 Å². The van der Waals surface area contributed by atoms with E-state index in [0.717, 1.165) is 32.7 Å². The van der Waals surface area contributed by atoms with E-state index in [2.05, 4.69) is 4.90 Å². The molecule has 0 aromatic rings. The predicted octanol–water partition coefficient (Wildman–Crippen LogP) is 0.446. The lowest BCUT2D eigenvalue weighted by Gasteiger charge is -2.40. The van der Waals surface area contributed by atoms with Gasteiger partial charge in [-0.3, -0.25) is 4.90 Å². The summed E-state index contributed by atoms with van der Waals surface area (Å²) < 4.78 is 5.26. The normalized spacial score (nSPS) is 24.0. The molecule has 1 unspecified atom stereocenters. The average Bonchev–Trinajstić information content (AvgIpc) is 2.03. The Morgan fingerprint density at radius 1 is 1.58 bits per heavy atom. The van der Waals surface area contributed by atoms with Gasteiger partial charge in [-0.05, 0) is 19.8 Å². The fourth-order valence-corrected chi connectivity index (χ4v) is 1.57. The standard InChI is InChI=1S/C9H20N2O/c1-2-12-7-3-5-11-6-4-9(11)8-10/h9H,2-8,10H2,1H3. The van der Waals surface area contributed by atoms with E-state index in [-0.39, 0.29) is 0 Å². The highest BCUT2D eigenvalue weighted by Crippen LogP contribution is 2.15. The summed E-state index contributed by atoms with van der Waals surface area (Å²) in [6, 6.07) is 0.659. The van der Waals surface area contributed by atoms with Crippen molar-refractivity contribution in [1.29, 1.82) is 0 Å². The van der Waals surface area contributed by atoms with Crippen molar-refractivity contribution in [3.63, 3.8) is 0 Å². The van der Waals surface area contributed by atoms with Gasteiger partial charge in [0.05, 0.1) is 0 Å². The highest BCUT2D eigenvalue weighted by atomic mass is 16.5. The minimum atomic E-state index is 0.659. The van der Waals surface area contributed by atoms with Crippen molar-refractivity contribution < 1.29 is 4.74 Å². The molecule has 12 heavy (non-hydrogen) atoms. The lowest BCUT2D eigenvalue weighted by molar-refractivity contribution is 0.0740. The Bertz CT molecular complexity index is 117. The first-order valence-electron chi connectivity index (χ1n) is 4.90. The van der Waals surface area contributed by atoms with Crippen molar-refractivity contribution in [2.24, 2.45) is 5.73 Å². The molecule has 0 spiro atoms. The van der Waals surface area contributed by atoms with Crippen LogP contribution in [0.15, 0.2) is 0 Å². The van der Waals surface area contributed by atoms with Gasteiger partial charge in [-0.15, -0.1) is 0 Å². The summed E-state index contributed by atoms with van der Waals surface area (Å²) in [5, 5.41) is 0. The molecule has 72 valence electrons. The topological polar surface area (TPSA) is 38.5 Å². The van der Waals surface area contributed by atoms with Crippen molar-refractivity contribution in [2.75, 3.05) is 32.8 Å². The van der Waals surface area contributed by atoms with Crippen LogP contribution in [0.3, 0.4) is 0 Å². The van der Waals surface area contributed by atoms with Crippen LogP contribution in [0.4, 0.5) is 0 Å². The second-order valence-electron chi connectivity index (χ2n) is 3.26. The summed E-state index contributed by atoms with van der Waals surface area (Å²) in [5.41, 5.74) is 5.58. The fourth-order valence-electron chi connectivity index (χ4n) is 1.57. The van der Waals surface area contributed by atoms with Crippen LogP contribution in [0.1, 0.15) is 19.8 Å². The maximum Gasteiger partial charge on any atom is 0.0478 e. The Morgan fingerprint density at radius 2 is 2.42 bits per heavy atom. The first-order chi connectivity index (χ1) is 5.88. The molecular weight excluding hydrogens is 152 g/mol. The lowest BCUT2D eigenvalue weighted by atomic mass is 10.0. The van der Waals surface area contributed by atoms with Crippen LogP contribution in [0.5, 0.6) is 0 Å². The Morgan fingerprint density at radius 3 is 2.92 bits per heavy atom. The van der Waals surface area contributed by atoms with Gasteiger partial charge in [0.2, 0.25) is 0 Å². The summed E-state index contributed by atoms with van der Waals surface area (Å²) in [4.78, 5) is 2.44. The van der Waals surface area contributed by atoms with Crippen LogP contribution < -0.4 is 5.73 Å². The maximum absolute atomic E-state index is 5.58. The Hall–Kier alpha value is -0.120. The largest absolute Gasteiger partial charge is 0.382 e. The molecule has 0 saturated carbocycles. The maximum atomic E-state index is 5.58. The summed E-state index contributed by atoms with van der Waals surface area (Å²) >= 11 is 0. The van der Waals surface area contributed by atoms with Gasteiger partial charge in [0.25, 0.3) is 0 Å². The summed E-state index contributed by atoms with van der Waals surface area (Å²) in [5.74, 6) is 0.